The summed E-state index contributed by atoms with van der Waals surface area (Å²) >= 11 is 0. The summed E-state index contributed by atoms with van der Waals surface area (Å²) < 4.78 is 36.6. The monoisotopic (exact) mass is 622 g/mol. The van der Waals surface area contributed by atoms with Crippen molar-refractivity contribution < 1.29 is 27.9 Å². The zero-order valence-electron chi connectivity index (χ0n) is 26.3. The molecule has 2 amide bonds. The molecule has 236 valence electrons. The first kappa shape index (κ1) is 30.5. The molecule has 44 heavy (non-hydrogen) atoms. The molecule has 0 spiro atoms. The van der Waals surface area contributed by atoms with Crippen LogP contribution in [0.3, 0.4) is 0 Å². The Morgan fingerprint density at radius 3 is 2.43 bits per heavy atom. The van der Waals surface area contributed by atoms with E-state index in [4.69, 9.17) is 4.74 Å². The van der Waals surface area contributed by atoms with E-state index in [0.29, 0.717) is 24.5 Å². The van der Waals surface area contributed by atoms with Crippen LogP contribution in [0.25, 0.3) is 10.9 Å². The summed E-state index contributed by atoms with van der Waals surface area (Å²) in [7, 11) is 0.402. The summed E-state index contributed by atoms with van der Waals surface area (Å²) in [5.74, 6) is 0.0930. The quantitative estimate of drug-likeness (QED) is 0.443. The number of methoxy groups -OCH3 is 1. The largest absolute Gasteiger partial charge is 0.496 e. The van der Waals surface area contributed by atoms with Crippen molar-refractivity contribution >= 4 is 33.1 Å². The van der Waals surface area contributed by atoms with E-state index in [0.717, 1.165) is 56.2 Å². The summed E-state index contributed by atoms with van der Waals surface area (Å²) in [6.45, 7) is 6.08. The van der Waals surface area contributed by atoms with Gasteiger partial charge in [-0.15, -0.1) is 0 Å². The molecular formula is C33H42N4O6S. The highest BCUT2D eigenvalue weighted by Gasteiger charge is 2.49. The molecule has 2 N–H and O–H groups in total. The normalized spacial score (nSPS) is 22.0. The van der Waals surface area contributed by atoms with Gasteiger partial charge in [0.1, 0.15) is 5.75 Å². The number of carbonyl (C=O) groups is 2. The molecule has 11 heteroatoms. The van der Waals surface area contributed by atoms with E-state index in [-0.39, 0.29) is 5.92 Å². The highest BCUT2D eigenvalue weighted by atomic mass is 32.2. The molecule has 1 aliphatic heterocycles. The molecule has 1 saturated carbocycles. The van der Waals surface area contributed by atoms with Gasteiger partial charge in [-0.05, 0) is 80.4 Å². The van der Waals surface area contributed by atoms with Crippen LogP contribution in [0.2, 0.25) is 0 Å². The van der Waals surface area contributed by atoms with Crippen LogP contribution in [0.15, 0.2) is 52.6 Å². The number of ether oxygens (including phenoxy) is 1. The van der Waals surface area contributed by atoms with Crippen molar-refractivity contribution in [3.63, 3.8) is 0 Å². The van der Waals surface area contributed by atoms with Crippen molar-refractivity contribution in [2.75, 3.05) is 21.2 Å². The zero-order chi connectivity index (χ0) is 31.7. The van der Waals surface area contributed by atoms with E-state index in [1.54, 1.807) is 7.11 Å². The van der Waals surface area contributed by atoms with E-state index in [1.165, 1.54) is 43.8 Å². The van der Waals surface area contributed by atoms with Crippen LogP contribution in [0.5, 0.6) is 5.75 Å². The molecule has 0 bridgehead atoms. The van der Waals surface area contributed by atoms with Crippen LogP contribution in [-0.4, -0.2) is 72.1 Å². The van der Waals surface area contributed by atoms with E-state index < -0.39 is 33.8 Å². The average Bonchev–Trinajstić information content (AvgIpc) is 3.58. The molecule has 2 atom stereocenters. The Bertz CT molecular complexity index is 1750. The number of rotatable bonds is 6. The lowest BCUT2D eigenvalue weighted by Gasteiger charge is -2.44. The Hall–Kier alpha value is -3.57. The van der Waals surface area contributed by atoms with Crippen LogP contribution in [0.4, 0.5) is 4.79 Å². The molecule has 3 aliphatic carbocycles. The van der Waals surface area contributed by atoms with Gasteiger partial charge < -0.3 is 14.4 Å². The fourth-order valence-corrected chi connectivity index (χ4v) is 8.20. The molecule has 1 aromatic carbocycles. The maximum absolute atomic E-state index is 13.5. The maximum Gasteiger partial charge on any atom is 0.408 e. The molecule has 2 aromatic rings. The van der Waals surface area contributed by atoms with Crippen molar-refractivity contribution in [2.24, 2.45) is 0 Å². The van der Waals surface area contributed by atoms with Crippen LogP contribution in [0.1, 0.15) is 82.4 Å². The fraction of sp³-hybridized carbons (Fsp3) is 0.515. The molecule has 0 radical (unpaired) electrons. The van der Waals surface area contributed by atoms with Gasteiger partial charge in [-0.3, -0.25) is 9.69 Å². The number of amides is 2. The van der Waals surface area contributed by atoms with Gasteiger partial charge in [0.15, 0.2) is 0 Å². The minimum Gasteiger partial charge on any atom is -0.496 e. The van der Waals surface area contributed by atoms with Gasteiger partial charge in [0.05, 0.1) is 24.2 Å². The van der Waals surface area contributed by atoms with E-state index >= 15 is 0 Å². The lowest BCUT2D eigenvalue weighted by atomic mass is 9.79. The third kappa shape index (κ3) is 4.94. The van der Waals surface area contributed by atoms with E-state index in [2.05, 4.69) is 21.4 Å². The highest BCUT2D eigenvalue weighted by Crippen LogP contribution is 2.55. The van der Waals surface area contributed by atoms with Gasteiger partial charge in [0.25, 0.3) is 5.91 Å². The minimum absolute atomic E-state index is 0.368. The molecule has 1 unspecified atom stereocenters. The molecular weight excluding hydrogens is 580 g/mol. The molecule has 0 saturated heterocycles. The van der Waals surface area contributed by atoms with Gasteiger partial charge in [-0.25, -0.2) is 9.52 Å². The Kier molecular flexibility index (Phi) is 7.48. The first-order valence-electron chi connectivity index (χ1n) is 15.4. The van der Waals surface area contributed by atoms with Crippen LogP contribution in [0, 0.1) is 0 Å². The molecule has 2 heterocycles. The molecule has 6 rings (SSSR count). The van der Waals surface area contributed by atoms with Crippen LogP contribution < -0.4 is 9.46 Å². The third-order valence-corrected chi connectivity index (χ3v) is 11.1. The molecule has 4 aliphatic rings. The molecule has 1 aromatic heterocycles. The van der Waals surface area contributed by atoms with Gasteiger partial charge in [0.2, 0.25) is 0 Å². The number of hydrogen-bond donors (Lipinski definition) is 2. The van der Waals surface area contributed by atoms with Gasteiger partial charge in [-0.2, -0.15) is 12.7 Å². The topological polar surface area (TPSA) is 121 Å². The second-order valence-electron chi connectivity index (χ2n) is 13.5. The van der Waals surface area contributed by atoms with Crippen molar-refractivity contribution in [1.29, 1.82) is 0 Å². The van der Waals surface area contributed by atoms with Crippen molar-refractivity contribution in [3.05, 3.63) is 63.9 Å². The van der Waals surface area contributed by atoms with Crippen molar-refractivity contribution in [3.8, 4) is 5.75 Å². The first-order chi connectivity index (χ1) is 20.8. The van der Waals surface area contributed by atoms with E-state index in [1.807, 2.05) is 39.0 Å². The zero-order valence-corrected chi connectivity index (χ0v) is 27.1. The first-order valence-corrected chi connectivity index (χ1v) is 16.8. The molecule has 10 nitrogen and oxygen atoms in total. The number of benzene rings is 1. The van der Waals surface area contributed by atoms with E-state index in [9.17, 15) is 23.1 Å². The van der Waals surface area contributed by atoms with Crippen LogP contribution in [-0.2, 0) is 21.5 Å². The number of hydrogen-bond acceptors (Lipinski definition) is 5. The van der Waals surface area contributed by atoms with Gasteiger partial charge >= 0.3 is 16.3 Å². The third-order valence-electron chi connectivity index (χ3n) is 9.65. The summed E-state index contributed by atoms with van der Waals surface area (Å²) in [6.07, 6.45) is 9.24. The lowest BCUT2D eigenvalue weighted by Crippen LogP contribution is -2.54. The number of fused-ring (bicyclic) bond motifs is 6. The fourth-order valence-electron chi connectivity index (χ4n) is 7.68. The Morgan fingerprint density at radius 2 is 1.82 bits per heavy atom. The summed E-state index contributed by atoms with van der Waals surface area (Å²) in [5.41, 5.74) is 5.33. The molecule has 1 fully saturated rings. The number of aromatic nitrogens is 1. The van der Waals surface area contributed by atoms with Gasteiger partial charge in [0, 0.05) is 43.2 Å². The Labute approximate surface area is 259 Å². The summed E-state index contributed by atoms with van der Waals surface area (Å²) in [6, 6.07) is 5.91. The lowest BCUT2D eigenvalue weighted by molar-refractivity contribution is -0.115. The maximum atomic E-state index is 13.5. The Balaban J connectivity index is 1.60. The SMILES string of the molecule is COc1ccc(C2CCCCC2)c2c1cc1n2CC2=C(C(=O)NS(=O)(=O)N(C)C)C2=C2C=CC[C@@H](N(C(=O)O)C(C)(C)C)C21. The number of carbonyl (C=O) groups excluding carboxylic acids is 1. The Morgan fingerprint density at radius 1 is 1.11 bits per heavy atom. The average molecular weight is 623 g/mol. The van der Waals surface area contributed by atoms with Crippen molar-refractivity contribution in [1.82, 2.24) is 18.5 Å². The second-order valence-corrected chi connectivity index (χ2v) is 15.4. The number of carboxylic acid groups (broad SMARTS) is 1. The van der Waals surface area contributed by atoms with Crippen molar-refractivity contribution in [2.45, 2.75) is 89.3 Å². The smallest absolute Gasteiger partial charge is 0.408 e. The number of nitrogens with zero attached hydrogens (tertiary/aromatic N) is 3. The number of allylic oxidation sites excluding steroid dienone is 2. The van der Waals surface area contributed by atoms with Crippen LogP contribution >= 0.6 is 0 Å². The summed E-state index contributed by atoms with van der Waals surface area (Å²) in [4.78, 5) is 27.9. The predicted octanol–water partition coefficient (Wildman–Crippen LogP) is 5.43. The highest BCUT2D eigenvalue weighted by molar-refractivity contribution is 7.87. The standard InChI is InChI=1S/C33H42N4O6S/c1-33(2,3)37(32(39)40)24-14-10-13-21-27-23(29(27)31(38)34-44(41,42)35(4)5)18-36-25(28(21)24)17-22-26(43-6)16-15-20(30(22)36)19-11-8-7-9-12-19/h10,13,15-17,19,24,28H,7-9,11-12,14,18H2,1-6H3,(H,34,38)(H,39,40)/t24-,28?/m1/s1. The van der Waals surface area contributed by atoms with Gasteiger partial charge in [-0.1, -0.05) is 37.5 Å². The minimum atomic E-state index is -4.00. The second kappa shape index (κ2) is 10.8. The predicted molar refractivity (Wildman–Crippen MR) is 169 cm³/mol. The summed E-state index contributed by atoms with van der Waals surface area (Å²) in [5, 5.41) is 11.5. The number of nitrogens with one attached hydrogen (secondary N) is 1.